The Morgan fingerprint density at radius 1 is 1.32 bits per heavy atom. The van der Waals surface area contributed by atoms with Gasteiger partial charge >= 0.3 is 0 Å². The third-order valence-electron chi connectivity index (χ3n) is 3.88. The largest absolute Gasteiger partial charge is 0.490 e. The highest BCUT2D eigenvalue weighted by Gasteiger charge is 2.32. The number of aliphatic hydroxyl groups is 1. The Bertz CT molecular complexity index is 381. The van der Waals surface area contributed by atoms with E-state index in [1.54, 1.807) is 0 Å². The maximum Gasteiger partial charge on any atom is 0.190 e. The molecule has 1 heterocycles. The molecular formula is C16H24O3. The molecule has 0 aromatic heterocycles. The van der Waals surface area contributed by atoms with E-state index < -0.39 is 6.10 Å². The average molecular weight is 264 g/mol. The molecule has 2 rings (SSSR count). The van der Waals surface area contributed by atoms with E-state index in [0.29, 0.717) is 12.8 Å². The van der Waals surface area contributed by atoms with Gasteiger partial charge in [-0.1, -0.05) is 25.8 Å². The van der Waals surface area contributed by atoms with Crippen LogP contribution in [-0.4, -0.2) is 23.1 Å². The van der Waals surface area contributed by atoms with Crippen LogP contribution in [0.1, 0.15) is 58.3 Å². The Labute approximate surface area is 115 Å². The highest BCUT2D eigenvalue weighted by molar-refractivity contribution is 6.00. The van der Waals surface area contributed by atoms with E-state index >= 15 is 0 Å². The zero-order valence-corrected chi connectivity index (χ0v) is 11.7. The fourth-order valence-corrected chi connectivity index (χ4v) is 2.70. The predicted octanol–water partition coefficient (Wildman–Crippen LogP) is 3.28. The summed E-state index contributed by atoms with van der Waals surface area (Å²) < 4.78 is 5.88. The monoisotopic (exact) mass is 264 g/mol. The fourth-order valence-electron chi connectivity index (χ4n) is 2.70. The van der Waals surface area contributed by atoms with Crippen molar-refractivity contribution in [2.24, 2.45) is 0 Å². The van der Waals surface area contributed by atoms with E-state index in [4.69, 9.17) is 4.74 Å². The number of unbranched alkanes of at least 4 members (excludes halogenated alkanes) is 3. The Morgan fingerprint density at radius 2 is 2.16 bits per heavy atom. The summed E-state index contributed by atoms with van der Waals surface area (Å²) in [5.74, 6) is 0.705. The van der Waals surface area contributed by atoms with Crippen molar-refractivity contribution in [3.8, 4) is 0 Å². The van der Waals surface area contributed by atoms with Gasteiger partial charge in [-0.15, -0.1) is 0 Å². The second-order valence-electron chi connectivity index (χ2n) is 5.44. The van der Waals surface area contributed by atoms with Crippen LogP contribution in [0, 0.1) is 0 Å². The summed E-state index contributed by atoms with van der Waals surface area (Å²) in [6.07, 6.45) is 11.3. The van der Waals surface area contributed by atoms with Crippen molar-refractivity contribution >= 4 is 5.78 Å². The Morgan fingerprint density at radius 3 is 2.95 bits per heavy atom. The van der Waals surface area contributed by atoms with Crippen LogP contribution in [0.15, 0.2) is 23.5 Å². The highest BCUT2D eigenvalue weighted by atomic mass is 16.5. The van der Waals surface area contributed by atoms with Crippen LogP contribution in [0.25, 0.3) is 0 Å². The molecule has 3 nitrogen and oxygen atoms in total. The molecule has 0 saturated heterocycles. The van der Waals surface area contributed by atoms with Crippen molar-refractivity contribution in [1.82, 2.24) is 0 Å². The van der Waals surface area contributed by atoms with Crippen molar-refractivity contribution in [3.63, 3.8) is 0 Å². The maximum atomic E-state index is 11.8. The van der Waals surface area contributed by atoms with Crippen LogP contribution in [0.4, 0.5) is 0 Å². The molecule has 0 fully saturated rings. The van der Waals surface area contributed by atoms with E-state index in [9.17, 15) is 9.90 Å². The smallest absolute Gasteiger partial charge is 0.190 e. The quantitative estimate of drug-likeness (QED) is 0.612. The van der Waals surface area contributed by atoms with Gasteiger partial charge in [0, 0.05) is 12.0 Å². The van der Waals surface area contributed by atoms with Gasteiger partial charge in [0.2, 0.25) is 0 Å². The lowest BCUT2D eigenvalue weighted by molar-refractivity contribution is -0.125. The Kier molecular flexibility index (Phi) is 5.20. The minimum Gasteiger partial charge on any atom is -0.490 e. The number of allylic oxidation sites excluding steroid dienone is 2. The van der Waals surface area contributed by atoms with Crippen molar-refractivity contribution in [1.29, 1.82) is 0 Å². The molecule has 0 amide bonds. The Balaban J connectivity index is 1.86. The first-order valence-corrected chi connectivity index (χ1v) is 7.50. The number of carbonyl (C=O) groups is 1. The summed E-state index contributed by atoms with van der Waals surface area (Å²) in [6, 6.07) is 0. The number of hydrogen-bond donors (Lipinski definition) is 1. The van der Waals surface area contributed by atoms with Crippen LogP contribution in [0.3, 0.4) is 0 Å². The van der Waals surface area contributed by atoms with E-state index in [1.165, 1.54) is 19.3 Å². The number of ketones is 1. The molecule has 106 valence electrons. The zero-order valence-electron chi connectivity index (χ0n) is 11.7. The summed E-state index contributed by atoms with van der Waals surface area (Å²) in [5, 5.41) is 9.55. The summed E-state index contributed by atoms with van der Waals surface area (Å²) in [7, 11) is 0. The molecule has 0 bridgehead atoms. The highest BCUT2D eigenvalue weighted by Crippen LogP contribution is 2.33. The first kappa shape index (κ1) is 14.3. The molecule has 0 saturated carbocycles. The number of ether oxygens (including phenoxy) is 1. The maximum absolute atomic E-state index is 11.8. The molecule has 0 unspecified atom stereocenters. The average Bonchev–Trinajstić information content (AvgIpc) is 2.43. The van der Waals surface area contributed by atoms with Crippen LogP contribution in [-0.2, 0) is 9.53 Å². The molecular weight excluding hydrogens is 240 g/mol. The van der Waals surface area contributed by atoms with Gasteiger partial charge in [0.25, 0.3) is 0 Å². The molecule has 0 radical (unpaired) electrons. The van der Waals surface area contributed by atoms with E-state index in [0.717, 1.165) is 30.6 Å². The van der Waals surface area contributed by atoms with Gasteiger partial charge in [-0.25, -0.2) is 0 Å². The molecule has 0 spiro atoms. The second kappa shape index (κ2) is 6.90. The van der Waals surface area contributed by atoms with E-state index in [-0.39, 0.29) is 11.9 Å². The molecule has 2 atom stereocenters. The molecule has 1 aliphatic heterocycles. The topological polar surface area (TPSA) is 46.5 Å². The molecule has 1 N–H and O–H groups in total. The zero-order chi connectivity index (χ0) is 13.7. The van der Waals surface area contributed by atoms with Gasteiger partial charge in [-0.2, -0.15) is 0 Å². The fraction of sp³-hybridized carbons (Fsp3) is 0.688. The van der Waals surface area contributed by atoms with Crippen LogP contribution < -0.4 is 0 Å². The summed E-state index contributed by atoms with van der Waals surface area (Å²) in [6.45, 7) is 2.20. The van der Waals surface area contributed by atoms with Crippen LogP contribution in [0.5, 0.6) is 0 Å². The molecule has 19 heavy (non-hydrogen) atoms. The van der Waals surface area contributed by atoms with Crippen molar-refractivity contribution < 1.29 is 14.6 Å². The second-order valence-corrected chi connectivity index (χ2v) is 5.44. The summed E-state index contributed by atoms with van der Waals surface area (Å²) in [5.41, 5.74) is 0.731. The lowest BCUT2D eigenvalue weighted by atomic mass is 9.88. The summed E-state index contributed by atoms with van der Waals surface area (Å²) >= 11 is 0. The molecule has 0 aromatic rings. The number of hydrogen-bond acceptors (Lipinski definition) is 3. The van der Waals surface area contributed by atoms with E-state index in [2.05, 4.69) is 19.1 Å². The summed E-state index contributed by atoms with van der Waals surface area (Å²) in [4.78, 5) is 11.8. The molecule has 3 heteroatoms. The SMILES string of the molecule is CCCCC/C=C/[C@@H]1CCC2=C(CC[C@H](O)C2=O)O1. The normalized spacial score (nSPS) is 27.6. The minimum absolute atomic E-state index is 0.114. The first-order chi connectivity index (χ1) is 9.22. The predicted molar refractivity (Wildman–Crippen MR) is 74.7 cm³/mol. The van der Waals surface area contributed by atoms with Gasteiger partial charge in [0.05, 0.1) is 0 Å². The number of rotatable bonds is 5. The third-order valence-corrected chi connectivity index (χ3v) is 3.88. The third kappa shape index (κ3) is 3.69. The van der Waals surface area contributed by atoms with Gasteiger partial charge in [-0.3, -0.25) is 4.79 Å². The van der Waals surface area contributed by atoms with Crippen LogP contribution >= 0.6 is 0 Å². The Hall–Kier alpha value is -1.09. The van der Waals surface area contributed by atoms with E-state index in [1.807, 2.05) is 0 Å². The molecule has 2 aliphatic rings. The standard InChI is InChI=1S/C16H24O3/c1-2-3-4-5-6-7-12-8-9-13-15(19-12)11-10-14(17)16(13)18/h6-7,12,14,17H,2-5,8-11H2,1H3/b7-6+/t12-,14+/m1/s1. The molecule has 0 aromatic carbocycles. The number of carbonyl (C=O) groups excluding carboxylic acids is 1. The number of aliphatic hydroxyl groups excluding tert-OH is 1. The molecule has 1 aliphatic carbocycles. The minimum atomic E-state index is -0.802. The lowest BCUT2D eigenvalue weighted by Crippen LogP contribution is -2.32. The van der Waals surface area contributed by atoms with Gasteiger partial charge in [0.15, 0.2) is 5.78 Å². The van der Waals surface area contributed by atoms with Gasteiger partial charge in [0.1, 0.15) is 18.0 Å². The van der Waals surface area contributed by atoms with Crippen molar-refractivity contribution in [2.75, 3.05) is 0 Å². The van der Waals surface area contributed by atoms with Gasteiger partial charge in [-0.05, 0) is 38.2 Å². The number of Topliss-reactive ketones (excluding diaryl/α,β-unsaturated/α-hetero) is 1. The van der Waals surface area contributed by atoms with Crippen LogP contribution in [0.2, 0.25) is 0 Å². The first-order valence-electron chi connectivity index (χ1n) is 7.50. The lowest BCUT2D eigenvalue weighted by Gasteiger charge is -2.30. The van der Waals surface area contributed by atoms with Crippen molar-refractivity contribution in [2.45, 2.75) is 70.5 Å². The van der Waals surface area contributed by atoms with Gasteiger partial charge < -0.3 is 9.84 Å². The van der Waals surface area contributed by atoms with Crippen molar-refractivity contribution in [3.05, 3.63) is 23.5 Å².